The van der Waals surface area contributed by atoms with Gasteiger partial charge in [0.15, 0.2) is 0 Å². The van der Waals surface area contributed by atoms with Gasteiger partial charge < -0.3 is 10.4 Å². The fraction of sp³-hybridized carbons (Fsp3) is 0.400. The first kappa shape index (κ1) is 20.1. The summed E-state index contributed by atoms with van der Waals surface area (Å²) in [6.07, 6.45) is 8.55. The number of aromatic nitrogens is 2. The van der Waals surface area contributed by atoms with Gasteiger partial charge in [-0.05, 0) is 31.1 Å². The van der Waals surface area contributed by atoms with Crippen LogP contribution in [0.1, 0.15) is 37.7 Å². The lowest BCUT2D eigenvalue weighted by Crippen LogP contribution is -2.39. The Hall–Kier alpha value is -2.23. The van der Waals surface area contributed by atoms with Crippen LogP contribution in [-0.2, 0) is 4.79 Å². The van der Waals surface area contributed by atoms with Crippen LogP contribution < -0.4 is 10.9 Å². The van der Waals surface area contributed by atoms with Gasteiger partial charge in [-0.3, -0.25) is 18.9 Å². The van der Waals surface area contributed by atoms with E-state index in [9.17, 15) is 9.59 Å². The molecule has 0 atom stereocenters. The number of nitrogens with zero attached hydrogens (tertiary/aromatic N) is 3. The standard InChI is InChI=1S/C20H22N4O3S2/c25-11-9-21-17-14(18(26)23-10-5-4-8-16(23)22-17)12-15-19(27)24(20(28)29-15)13-6-2-1-3-7-13/h4-5,8,10,12-13,21,25H,1-3,6-7,9,11H2/b15-12+. The third kappa shape index (κ3) is 3.94. The number of carbonyl (C=O) groups excluding carboxylic acids is 1. The van der Waals surface area contributed by atoms with E-state index in [4.69, 9.17) is 17.3 Å². The topological polar surface area (TPSA) is 86.9 Å². The molecule has 0 radical (unpaired) electrons. The van der Waals surface area contributed by atoms with Crippen molar-refractivity contribution in [2.75, 3.05) is 18.5 Å². The normalized spacial score (nSPS) is 19.5. The largest absolute Gasteiger partial charge is 0.395 e. The van der Waals surface area contributed by atoms with E-state index >= 15 is 0 Å². The summed E-state index contributed by atoms with van der Waals surface area (Å²) in [6, 6.07) is 5.43. The van der Waals surface area contributed by atoms with E-state index in [1.54, 1.807) is 35.4 Å². The smallest absolute Gasteiger partial charge is 0.267 e. The molecule has 1 saturated carbocycles. The highest BCUT2D eigenvalue weighted by atomic mass is 32.2. The summed E-state index contributed by atoms with van der Waals surface area (Å²) >= 11 is 6.72. The van der Waals surface area contributed by atoms with E-state index in [2.05, 4.69) is 10.3 Å². The second-order valence-corrected chi connectivity index (χ2v) is 8.78. The summed E-state index contributed by atoms with van der Waals surface area (Å²) in [4.78, 5) is 32.8. The van der Waals surface area contributed by atoms with Gasteiger partial charge >= 0.3 is 0 Å². The maximum atomic E-state index is 13.1. The van der Waals surface area contributed by atoms with Crippen molar-refractivity contribution in [2.45, 2.75) is 38.1 Å². The van der Waals surface area contributed by atoms with Gasteiger partial charge in [-0.15, -0.1) is 0 Å². The van der Waals surface area contributed by atoms with E-state index in [-0.39, 0.29) is 36.2 Å². The van der Waals surface area contributed by atoms with Crippen LogP contribution in [0.4, 0.5) is 5.82 Å². The molecule has 2 N–H and O–H groups in total. The minimum Gasteiger partial charge on any atom is -0.395 e. The van der Waals surface area contributed by atoms with Gasteiger partial charge in [0, 0.05) is 18.8 Å². The van der Waals surface area contributed by atoms with Crippen LogP contribution >= 0.6 is 24.0 Å². The molecule has 3 heterocycles. The molecule has 1 aliphatic heterocycles. The molecular formula is C20H22N4O3S2. The third-order valence-corrected chi connectivity index (χ3v) is 6.54. The molecule has 2 aliphatic rings. The van der Waals surface area contributed by atoms with Crippen molar-refractivity contribution in [3.63, 3.8) is 0 Å². The molecule has 9 heteroatoms. The highest BCUT2D eigenvalue weighted by molar-refractivity contribution is 8.26. The molecule has 0 aromatic carbocycles. The summed E-state index contributed by atoms with van der Waals surface area (Å²) < 4.78 is 1.99. The molecule has 4 rings (SSSR count). The molecule has 7 nitrogen and oxygen atoms in total. The average molecular weight is 431 g/mol. The number of aliphatic hydroxyl groups is 1. The Bertz CT molecular complexity index is 1040. The molecule has 0 spiro atoms. The van der Waals surface area contributed by atoms with Crippen LogP contribution in [0.25, 0.3) is 11.7 Å². The van der Waals surface area contributed by atoms with E-state index in [1.165, 1.54) is 22.6 Å². The first-order chi connectivity index (χ1) is 14.1. The Morgan fingerprint density at radius 1 is 1.28 bits per heavy atom. The maximum absolute atomic E-state index is 13.1. The minimum absolute atomic E-state index is 0.0981. The highest BCUT2D eigenvalue weighted by Gasteiger charge is 2.37. The number of carbonyl (C=O) groups is 1. The number of anilines is 1. The summed E-state index contributed by atoms with van der Waals surface area (Å²) in [7, 11) is 0. The number of amides is 1. The Kier molecular flexibility index (Phi) is 5.98. The van der Waals surface area contributed by atoms with E-state index < -0.39 is 0 Å². The number of thiocarbonyl (C=S) groups is 1. The number of thioether (sulfide) groups is 1. The first-order valence-electron chi connectivity index (χ1n) is 9.73. The van der Waals surface area contributed by atoms with Gasteiger partial charge in [-0.25, -0.2) is 4.98 Å². The zero-order valence-corrected chi connectivity index (χ0v) is 17.5. The van der Waals surface area contributed by atoms with Crippen LogP contribution in [-0.4, -0.2) is 48.8 Å². The second-order valence-electron chi connectivity index (χ2n) is 7.10. The van der Waals surface area contributed by atoms with Crippen molar-refractivity contribution in [3.05, 3.63) is 45.2 Å². The van der Waals surface area contributed by atoms with Gasteiger partial charge in [-0.1, -0.05) is 49.3 Å². The zero-order valence-electron chi connectivity index (χ0n) is 15.8. The molecule has 1 amide bonds. The molecule has 2 fully saturated rings. The van der Waals surface area contributed by atoms with E-state index in [0.717, 1.165) is 25.7 Å². The Morgan fingerprint density at radius 3 is 2.83 bits per heavy atom. The van der Waals surface area contributed by atoms with Crippen LogP contribution in [0.5, 0.6) is 0 Å². The fourth-order valence-electron chi connectivity index (χ4n) is 3.81. The number of pyridine rings is 1. The van der Waals surface area contributed by atoms with Gasteiger partial charge in [0.1, 0.15) is 15.8 Å². The van der Waals surface area contributed by atoms with Crippen molar-refractivity contribution in [2.24, 2.45) is 0 Å². The number of hydrogen-bond acceptors (Lipinski definition) is 7. The number of fused-ring (bicyclic) bond motifs is 1. The summed E-state index contributed by atoms with van der Waals surface area (Å²) in [6.45, 7) is 0.151. The molecule has 1 saturated heterocycles. The summed E-state index contributed by atoms with van der Waals surface area (Å²) in [5.74, 6) is 0.204. The molecule has 0 unspecified atom stereocenters. The summed E-state index contributed by atoms with van der Waals surface area (Å²) in [5.41, 5.74) is 0.495. The van der Waals surface area contributed by atoms with E-state index in [1.807, 2.05) is 0 Å². The predicted octanol–water partition coefficient (Wildman–Crippen LogP) is 2.63. The number of rotatable bonds is 5. The van der Waals surface area contributed by atoms with Crippen LogP contribution in [0.15, 0.2) is 34.1 Å². The second kappa shape index (κ2) is 8.64. The minimum atomic E-state index is -0.279. The van der Waals surface area contributed by atoms with E-state index in [0.29, 0.717) is 20.7 Å². The fourth-order valence-corrected chi connectivity index (χ4v) is 5.19. The third-order valence-electron chi connectivity index (χ3n) is 5.21. The lowest BCUT2D eigenvalue weighted by molar-refractivity contribution is -0.124. The monoisotopic (exact) mass is 430 g/mol. The molecule has 0 bridgehead atoms. The van der Waals surface area contributed by atoms with Gasteiger partial charge in [0.05, 0.1) is 17.1 Å². The van der Waals surface area contributed by atoms with Gasteiger partial charge in [0.2, 0.25) is 0 Å². The van der Waals surface area contributed by atoms with Crippen molar-refractivity contribution < 1.29 is 9.90 Å². The predicted molar refractivity (Wildman–Crippen MR) is 119 cm³/mol. The number of hydrogen-bond donors (Lipinski definition) is 2. The lowest BCUT2D eigenvalue weighted by atomic mass is 9.94. The Balaban J connectivity index is 1.75. The molecule has 152 valence electrons. The van der Waals surface area contributed by atoms with Crippen molar-refractivity contribution in [1.29, 1.82) is 0 Å². The lowest BCUT2D eigenvalue weighted by Gasteiger charge is -2.29. The molecule has 1 aliphatic carbocycles. The maximum Gasteiger partial charge on any atom is 0.267 e. The Morgan fingerprint density at radius 2 is 2.07 bits per heavy atom. The average Bonchev–Trinajstić information content (AvgIpc) is 3.02. The molecule has 29 heavy (non-hydrogen) atoms. The van der Waals surface area contributed by atoms with Crippen LogP contribution in [0, 0.1) is 0 Å². The van der Waals surface area contributed by atoms with Gasteiger partial charge in [0.25, 0.3) is 11.5 Å². The highest BCUT2D eigenvalue weighted by Crippen LogP contribution is 2.37. The van der Waals surface area contributed by atoms with Crippen molar-refractivity contribution in [3.8, 4) is 0 Å². The van der Waals surface area contributed by atoms with Crippen LogP contribution in [0.2, 0.25) is 0 Å². The molecule has 2 aromatic heterocycles. The summed E-state index contributed by atoms with van der Waals surface area (Å²) in [5, 5.41) is 12.2. The first-order valence-corrected chi connectivity index (χ1v) is 11.0. The Labute approximate surface area is 177 Å². The zero-order chi connectivity index (χ0) is 20.4. The van der Waals surface area contributed by atoms with Crippen molar-refractivity contribution >= 4 is 51.7 Å². The van der Waals surface area contributed by atoms with Crippen LogP contribution in [0.3, 0.4) is 0 Å². The molecule has 2 aromatic rings. The SMILES string of the molecule is O=C1/C(=C\c2c(NCCO)nc3ccccn3c2=O)SC(=S)N1C1CCCCC1. The number of nitrogens with one attached hydrogen (secondary N) is 1. The quantitative estimate of drug-likeness (QED) is 0.557. The van der Waals surface area contributed by atoms with Gasteiger partial charge in [-0.2, -0.15) is 0 Å². The van der Waals surface area contributed by atoms with Crippen molar-refractivity contribution in [1.82, 2.24) is 14.3 Å². The number of aliphatic hydroxyl groups excluding tert-OH is 1. The molecular weight excluding hydrogens is 408 g/mol.